The lowest BCUT2D eigenvalue weighted by atomic mass is 9.77. The van der Waals surface area contributed by atoms with Crippen LogP contribution >= 0.6 is 0 Å². The Hall–Kier alpha value is -2.24. The van der Waals surface area contributed by atoms with Gasteiger partial charge in [0.05, 0.1) is 13.2 Å². The normalized spacial score (nSPS) is 10.9. The molecule has 4 nitrogen and oxygen atoms in total. The first-order chi connectivity index (χ1) is 10.4. The fourth-order valence-electron chi connectivity index (χ4n) is 2.14. The SMILES string of the molecule is C=CCC(C(=O)OCC)(C(=O)OCC)c1ccc(F)cc1F. The summed E-state index contributed by atoms with van der Waals surface area (Å²) in [6.45, 7) is 6.61. The first-order valence-corrected chi connectivity index (χ1v) is 6.84. The molecular weight excluding hydrogens is 294 g/mol. The van der Waals surface area contributed by atoms with Crippen molar-refractivity contribution in [1.29, 1.82) is 0 Å². The van der Waals surface area contributed by atoms with Gasteiger partial charge in [-0.2, -0.15) is 0 Å². The number of hydrogen-bond acceptors (Lipinski definition) is 4. The molecule has 0 saturated carbocycles. The number of rotatable bonds is 7. The molecule has 1 rings (SSSR count). The van der Waals surface area contributed by atoms with Crippen LogP contribution in [0.15, 0.2) is 30.9 Å². The summed E-state index contributed by atoms with van der Waals surface area (Å²) in [4.78, 5) is 24.8. The second-order valence-electron chi connectivity index (χ2n) is 4.46. The van der Waals surface area contributed by atoms with Crippen LogP contribution in [0.2, 0.25) is 0 Å². The van der Waals surface area contributed by atoms with E-state index in [2.05, 4.69) is 6.58 Å². The lowest BCUT2D eigenvalue weighted by Gasteiger charge is -2.28. The average molecular weight is 312 g/mol. The van der Waals surface area contributed by atoms with Gasteiger partial charge in [-0.3, -0.25) is 9.59 Å². The molecular formula is C16H18F2O4. The summed E-state index contributed by atoms with van der Waals surface area (Å²) >= 11 is 0. The van der Waals surface area contributed by atoms with E-state index in [-0.39, 0.29) is 25.2 Å². The van der Waals surface area contributed by atoms with Crippen molar-refractivity contribution in [2.45, 2.75) is 25.7 Å². The van der Waals surface area contributed by atoms with E-state index in [0.29, 0.717) is 6.07 Å². The van der Waals surface area contributed by atoms with Gasteiger partial charge in [0, 0.05) is 11.6 Å². The molecule has 0 N–H and O–H groups in total. The highest BCUT2D eigenvalue weighted by Crippen LogP contribution is 2.34. The molecule has 0 amide bonds. The molecule has 22 heavy (non-hydrogen) atoms. The van der Waals surface area contributed by atoms with E-state index in [1.807, 2.05) is 0 Å². The molecule has 0 heterocycles. The Morgan fingerprint density at radius 1 is 1.18 bits per heavy atom. The molecule has 0 radical (unpaired) electrons. The van der Waals surface area contributed by atoms with Gasteiger partial charge in [-0.05, 0) is 26.3 Å². The van der Waals surface area contributed by atoms with E-state index in [1.54, 1.807) is 13.8 Å². The third kappa shape index (κ3) is 3.32. The van der Waals surface area contributed by atoms with Crippen molar-refractivity contribution in [3.05, 3.63) is 48.1 Å². The van der Waals surface area contributed by atoms with Crippen LogP contribution in [0.4, 0.5) is 8.78 Å². The van der Waals surface area contributed by atoms with Crippen LogP contribution in [0.1, 0.15) is 25.8 Å². The van der Waals surface area contributed by atoms with Crippen LogP contribution in [0.5, 0.6) is 0 Å². The van der Waals surface area contributed by atoms with Crippen molar-refractivity contribution in [2.24, 2.45) is 0 Å². The van der Waals surface area contributed by atoms with E-state index >= 15 is 0 Å². The van der Waals surface area contributed by atoms with Crippen LogP contribution < -0.4 is 0 Å². The average Bonchev–Trinajstić information content (AvgIpc) is 2.45. The summed E-state index contributed by atoms with van der Waals surface area (Å²) in [7, 11) is 0. The van der Waals surface area contributed by atoms with Gasteiger partial charge in [0.25, 0.3) is 0 Å². The van der Waals surface area contributed by atoms with Gasteiger partial charge in [-0.15, -0.1) is 6.58 Å². The predicted molar refractivity (Wildman–Crippen MR) is 76.1 cm³/mol. The van der Waals surface area contributed by atoms with Crippen molar-refractivity contribution >= 4 is 11.9 Å². The van der Waals surface area contributed by atoms with Crippen LogP contribution in [-0.4, -0.2) is 25.2 Å². The van der Waals surface area contributed by atoms with Gasteiger partial charge in [0.15, 0.2) is 5.41 Å². The Balaban J connectivity index is 3.56. The smallest absolute Gasteiger partial charge is 0.328 e. The number of ether oxygens (including phenoxy) is 2. The molecule has 1 aromatic carbocycles. The minimum atomic E-state index is -2.04. The maximum Gasteiger partial charge on any atom is 0.328 e. The lowest BCUT2D eigenvalue weighted by molar-refractivity contribution is -0.165. The molecule has 0 unspecified atom stereocenters. The molecule has 0 bridgehead atoms. The van der Waals surface area contributed by atoms with Crippen molar-refractivity contribution in [1.82, 2.24) is 0 Å². The summed E-state index contributed by atoms with van der Waals surface area (Å²) in [6.07, 6.45) is 1.06. The largest absolute Gasteiger partial charge is 0.465 e. The van der Waals surface area contributed by atoms with Crippen molar-refractivity contribution < 1.29 is 27.8 Å². The molecule has 0 fully saturated rings. The second-order valence-corrected chi connectivity index (χ2v) is 4.46. The molecule has 0 aliphatic carbocycles. The van der Waals surface area contributed by atoms with Gasteiger partial charge < -0.3 is 9.47 Å². The topological polar surface area (TPSA) is 52.6 Å². The van der Waals surface area contributed by atoms with Crippen LogP contribution in [0.25, 0.3) is 0 Å². The molecule has 0 aliphatic rings. The molecule has 0 saturated heterocycles. The number of esters is 2. The molecule has 120 valence electrons. The monoisotopic (exact) mass is 312 g/mol. The summed E-state index contributed by atoms with van der Waals surface area (Å²) < 4.78 is 37.1. The summed E-state index contributed by atoms with van der Waals surface area (Å²) in [5.41, 5.74) is -2.34. The van der Waals surface area contributed by atoms with Gasteiger partial charge in [-0.1, -0.05) is 12.1 Å². The summed E-state index contributed by atoms with van der Waals surface area (Å²) in [5.74, 6) is -3.76. The fourth-order valence-corrected chi connectivity index (χ4v) is 2.14. The molecule has 0 aromatic heterocycles. The standard InChI is InChI=1S/C16H18F2O4/c1-4-9-16(14(19)21-5-2,15(20)22-6-3)12-8-7-11(17)10-13(12)18/h4,7-8,10H,1,5-6,9H2,2-3H3. The third-order valence-corrected chi connectivity index (χ3v) is 3.09. The van der Waals surface area contributed by atoms with Crippen LogP contribution in [0, 0.1) is 11.6 Å². The zero-order valence-corrected chi connectivity index (χ0v) is 12.5. The number of carbonyl (C=O) groups excluding carboxylic acids is 2. The number of halogens is 2. The highest BCUT2D eigenvalue weighted by molar-refractivity contribution is 6.06. The lowest BCUT2D eigenvalue weighted by Crippen LogP contribution is -2.46. The Bertz CT molecular complexity index is 551. The highest BCUT2D eigenvalue weighted by Gasteiger charge is 2.51. The summed E-state index contributed by atoms with van der Waals surface area (Å²) in [6, 6.07) is 2.61. The van der Waals surface area contributed by atoms with E-state index in [9.17, 15) is 18.4 Å². The Kier molecular flexibility index (Phi) is 6.22. The van der Waals surface area contributed by atoms with E-state index in [4.69, 9.17) is 9.47 Å². The number of benzene rings is 1. The molecule has 1 aromatic rings. The maximum atomic E-state index is 14.2. The van der Waals surface area contributed by atoms with Gasteiger partial charge in [-0.25, -0.2) is 8.78 Å². The first kappa shape index (κ1) is 17.8. The predicted octanol–water partition coefficient (Wildman–Crippen LogP) is 2.90. The van der Waals surface area contributed by atoms with Crippen LogP contribution in [-0.2, 0) is 24.5 Å². The Labute approximate surface area is 127 Å². The molecule has 0 atom stereocenters. The first-order valence-electron chi connectivity index (χ1n) is 6.84. The van der Waals surface area contributed by atoms with Crippen molar-refractivity contribution in [3.8, 4) is 0 Å². The Morgan fingerprint density at radius 2 is 1.73 bits per heavy atom. The van der Waals surface area contributed by atoms with E-state index in [0.717, 1.165) is 12.1 Å². The third-order valence-electron chi connectivity index (χ3n) is 3.09. The number of carbonyl (C=O) groups is 2. The van der Waals surface area contributed by atoms with Crippen molar-refractivity contribution in [3.63, 3.8) is 0 Å². The Morgan fingerprint density at radius 3 is 2.14 bits per heavy atom. The van der Waals surface area contributed by atoms with E-state index in [1.165, 1.54) is 6.08 Å². The fraction of sp³-hybridized carbons (Fsp3) is 0.375. The minimum absolute atomic E-state index is 0.0000546. The van der Waals surface area contributed by atoms with E-state index < -0.39 is 29.0 Å². The molecule has 0 aliphatic heterocycles. The second kappa shape index (κ2) is 7.68. The van der Waals surface area contributed by atoms with Gasteiger partial charge >= 0.3 is 11.9 Å². The minimum Gasteiger partial charge on any atom is -0.465 e. The zero-order chi connectivity index (χ0) is 16.8. The zero-order valence-electron chi connectivity index (χ0n) is 12.5. The van der Waals surface area contributed by atoms with Crippen LogP contribution in [0.3, 0.4) is 0 Å². The number of hydrogen-bond donors (Lipinski definition) is 0. The molecule has 0 spiro atoms. The maximum absolute atomic E-state index is 14.2. The van der Waals surface area contributed by atoms with Crippen molar-refractivity contribution in [2.75, 3.05) is 13.2 Å². The summed E-state index contributed by atoms with van der Waals surface area (Å²) in [5, 5.41) is 0. The van der Waals surface area contributed by atoms with Gasteiger partial charge in [0.2, 0.25) is 0 Å². The van der Waals surface area contributed by atoms with Gasteiger partial charge in [0.1, 0.15) is 11.6 Å². The highest BCUT2D eigenvalue weighted by atomic mass is 19.1. The number of allylic oxidation sites excluding steroid dienone is 1. The molecule has 6 heteroatoms. The quantitative estimate of drug-likeness (QED) is 0.441.